The van der Waals surface area contributed by atoms with Crippen molar-refractivity contribution in [2.75, 3.05) is 18.9 Å². The van der Waals surface area contributed by atoms with Crippen LogP contribution < -0.4 is 14.8 Å². The molecule has 0 saturated carbocycles. The van der Waals surface area contributed by atoms with Gasteiger partial charge in [-0.15, -0.1) is 10.2 Å². The Morgan fingerprint density at radius 2 is 1.85 bits per heavy atom. The number of methoxy groups -OCH3 is 1. The predicted octanol–water partition coefficient (Wildman–Crippen LogP) is 2.37. The van der Waals surface area contributed by atoms with E-state index in [0.29, 0.717) is 5.01 Å². The van der Waals surface area contributed by atoms with Crippen LogP contribution in [0.25, 0.3) is 10.6 Å². The number of anilines is 1. The first kappa shape index (κ1) is 18.8. The third-order valence-electron chi connectivity index (χ3n) is 3.62. The summed E-state index contributed by atoms with van der Waals surface area (Å²) >= 11 is 1.11. The molecule has 0 atom stereocenters. The van der Waals surface area contributed by atoms with Crippen LogP contribution in [-0.4, -0.2) is 38.7 Å². The van der Waals surface area contributed by atoms with Crippen LogP contribution in [0.4, 0.5) is 5.13 Å². The molecule has 1 heterocycles. The largest absolute Gasteiger partial charge is 0.496 e. The second-order valence-corrected chi connectivity index (χ2v) is 7.99. The number of rotatable bonds is 6. The molecule has 3 aromatic rings. The van der Waals surface area contributed by atoms with E-state index in [4.69, 9.17) is 4.74 Å². The van der Waals surface area contributed by atoms with Gasteiger partial charge < -0.3 is 10.1 Å². The maximum Gasteiger partial charge on any atom is 0.263 e. The van der Waals surface area contributed by atoms with Gasteiger partial charge in [0.25, 0.3) is 15.9 Å². The van der Waals surface area contributed by atoms with Crippen LogP contribution in [-0.2, 0) is 10.0 Å². The number of nitrogens with one attached hydrogen (secondary N) is 2. The molecule has 10 heteroatoms. The number of carbonyl (C=O) groups excluding carboxylic acids is 1. The van der Waals surface area contributed by atoms with Crippen LogP contribution in [0.2, 0.25) is 0 Å². The van der Waals surface area contributed by atoms with Crippen molar-refractivity contribution in [2.24, 2.45) is 0 Å². The molecule has 27 heavy (non-hydrogen) atoms. The normalized spacial score (nSPS) is 11.0. The summed E-state index contributed by atoms with van der Waals surface area (Å²) in [4.78, 5) is 11.9. The molecule has 0 aliphatic rings. The SMILES string of the molecule is CNC(=O)c1cc(S(=O)(=O)Nc2nnc(-c3ccccc3)s2)ccc1OC. The summed E-state index contributed by atoms with van der Waals surface area (Å²) in [6, 6.07) is 13.3. The van der Waals surface area contributed by atoms with E-state index in [-0.39, 0.29) is 21.3 Å². The number of sulfonamides is 1. The lowest BCUT2D eigenvalue weighted by atomic mass is 10.2. The highest BCUT2D eigenvalue weighted by Crippen LogP contribution is 2.28. The van der Waals surface area contributed by atoms with Crippen molar-refractivity contribution in [3.05, 3.63) is 54.1 Å². The fourth-order valence-electron chi connectivity index (χ4n) is 2.30. The Morgan fingerprint density at radius 3 is 2.52 bits per heavy atom. The van der Waals surface area contributed by atoms with Gasteiger partial charge in [-0.2, -0.15) is 0 Å². The molecule has 0 aliphatic carbocycles. The van der Waals surface area contributed by atoms with Gasteiger partial charge in [-0.25, -0.2) is 8.42 Å². The zero-order valence-electron chi connectivity index (χ0n) is 14.5. The number of hydrogen-bond donors (Lipinski definition) is 2. The van der Waals surface area contributed by atoms with Gasteiger partial charge in [0.15, 0.2) is 0 Å². The van der Waals surface area contributed by atoms with E-state index in [1.54, 1.807) is 0 Å². The van der Waals surface area contributed by atoms with Crippen LogP contribution in [0.5, 0.6) is 5.75 Å². The Balaban J connectivity index is 1.89. The molecule has 3 rings (SSSR count). The molecular formula is C17H16N4O4S2. The van der Waals surface area contributed by atoms with Crippen molar-refractivity contribution in [1.82, 2.24) is 15.5 Å². The van der Waals surface area contributed by atoms with Gasteiger partial charge in [0, 0.05) is 12.6 Å². The molecule has 0 spiro atoms. The first-order valence-electron chi connectivity index (χ1n) is 7.76. The van der Waals surface area contributed by atoms with Crippen molar-refractivity contribution in [2.45, 2.75) is 4.90 Å². The minimum Gasteiger partial charge on any atom is -0.496 e. The summed E-state index contributed by atoms with van der Waals surface area (Å²) in [6.45, 7) is 0. The minimum absolute atomic E-state index is 0.0849. The first-order valence-corrected chi connectivity index (χ1v) is 10.1. The van der Waals surface area contributed by atoms with Gasteiger partial charge in [0.2, 0.25) is 5.13 Å². The fraction of sp³-hybridized carbons (Fsp3) is 0.118. The molecule has 0 unspecified atom stereocenters. The van der Waals surface area contributed by atoms with Gasteiger partial charge in [-0.05, 0) is 18.2 Å². The molecule has 1 aromatic heterocycles. The minimum atomic E-state index is -3.95. The number of hydrogen-bond acceptors (Lipinski definition) is 7. The summed E-state index contributed by atoms with van der Waals surface area (Å²) in [5.41, 5.74) is 0.955. The third kappa shape index (κ3) is 4.07. The summed E-state index contributed by atoms with van der Waals surface area (Å²) in [6.07, 6.45) is 0. The average molecular weight is 404 g/mol. The topological polar surface area (TPSA) is 110 Å². The van der Waals surface area contributed by atoms with E-state index in [1.807, 2.05) is 30.3 Å². The maximum absolute atomic E-state index is 12.7. The molecule has 0 bridgehead atoms. The van der Waals surface area contributed by atoms with Crippen LogP contribution in [0.1, 0.15) is 10.4 Å². The van der Waals surface area contributed by atoms with E-state index in [2.05, 4.69) is 20.2 Å². The van der Waals surface area contributed by atoms with E-state index >= 15 is 0 Å². The highest BCUT2D eigenvalue weighted by molar-refractivity contribution is 7.93. The molecule has 0 fully saturated rings. The Hall–Kier alpha value is -2.98. The van der Waals surface area contributed by atoms with E-state index < -0.39 is 15.9 Å². The predicted molar refractivity (Wildman–Crippen MR) is 103 cm³/mol. The van der Waals surface area contributed by atoms with Crippen molar-refractivity contribution in [1.29, 1.82) is 0 Å². The van der Waals surface area contributed by atoms with Crippen molar-refractivity contribution >= 4 is 32.4 Å². The zero-order valence-corrected chi connectivity index (χ0v) is 16.1. The molecular weight excluding hydrogens is 388 g/mol. The molecule has 0 saturated heterocycles. The number of benzene rings is 2. The third-order valence-corrected chi connectivity index (χ3v) is 5.97. The summed E-state index contributed by atoms with van der Waals surface area (Å²) < 4.78 is 32.8. The molecule has 0 aliphatic heterocycles. The Labute approximate surface area is 160 Å². The number of nitrogens with zero attached hydrogens (tertiary/aromatic N) is 2. The lowest BCUT2D eigenvalue weighted by Gasteiger charge is -2.10. The number of carbonyl (C=O) groups is 1. The van der Waals surface area contributed by atoms with Gasteiger partial charge in [-0.3, -0.25) is 9.52 Å². The Kier molecular flexibility index (Phi) is 5.38. The number of ether oxygens (including phenoxy) is 1. The van der Waals surface area contributed by atoms with E-state index in [0.717, 1.165) is 16.9 Å². The van der Waals surface area contributed by atoms with Crippen molar-refractivity contribution in [3.8, 4) is 16.3 Å². The van der Waals surface area contributed by atoms with Gasteiger partial charge >= 0.3 is 0 Å². The summed E-state index contributed by atoms with van der Waals surface area (Å²) in [7, 11) is -1.09. The molecule has 2 N–H and O–H groups in total. The van der Waals surface area contributed by atoms with Crippen LogP contribution in [0.15, 0.2) is 53.4 Å². The van der Waals surface area contributed by atoms with Gasteiger partial charge in [0.1, 0.15) is 10.8 Å². The summed E-state index contributed by atoms with van der Waals surface area (Å²) in [5.74, 6) is -0.179. The van der Waals surface area contributed by atoms with Crippen LogP contribution in [0.3, 0.4) is 0 Å². The standard InChI is InChI=1S/C17H16N4O4S2/c1-18-15(22)13-10-12(8-9-14(13)25-2)27(23,24)21-17-20-19-16(26-17)11-6-4-3-5-7-11/h3-10H,1-2H3,(H,18,22)(H,20,21). The van der Waals surface area contributed by atoms with Crippen molar-refractivity contribution < 1.29 is 17.9 Å². The molecule has 0 radical (unpaired) electrons. The highest BCUT2D eigenvalue weighted by Gasteiger charge is 2.21. The molecule has 140 valence electrons. The smallest absolute Gasteiger partial charge is 0.263 e. The van der Waals surface area contributed by atoms with E-state index in [9.17, 15) is 13.2 Å². The lowest BCUT2D eigenvalue weighted by Crippen LogP contribution is -2.20. The number of aromatic nitrogens is 2. The maximum atomic E-state index is 12.7. The molecule has 2 aromatic carbocycles. The summed E-state index contributed by atoms with van der Waals surface area (Å²) in [5, 5.41) is 11.1. The second-order valence-electron chi connectivity index (χ2n) is 5.33. The second kappa shape index (κ2) is 7.72. The van der Waals surface area contributed by atoms with E-state index in [1.165, 1.54) is 32.4 Å². The monoisotopic (exact) mass is 404 g/mol. The average Bonchev–Trinajstić information content (AvgIpc) is 3.15. The lowest BCUT2D eigenvalue weighted by molar-refractivity contribution is 0.0960. The van der Waals surface area contributed by atoms with Crippen molar-refractivity contribution in [3.63, 3.8) is 0 Å². The Morgan fingerprint density at radius 1 is 1.11 bits per heavy atom. The quantitative estimate of drug-likeness (QED) is 0.653. The van der Waals surface area contributed by atoms with Crippen LogP contribution >= 0.6 is 11.3 Å². The zero-order chi connectivity index (χ0) is 19.4. The molecule has 8 nitrogen and oxygen atoms in total. The van der Waals surface area contributed by atoms with Gasteiger partial charge in [0.05, 0.1) is 17.6 Å². The first-order chi connectivity index (χ1) is 12.9. The van der Waals surface area contributed by atoms with Gasteiger partial charge in [-0.1, -0.05) is 41.7 Å². The molecule has 1 amide bonds. The Bertz CT molecular complexity index is 1070. The number of amides is 1. The highest BCUT2D eigenvalue weighted by atomic mass is 32.2. The van der Waals surface area contributed by atoms with Crippen LogP contribution in [0, 0.1) is 0 Å². The fourth-order valence-corrected chi connectivity index (χ4v) is 4.31.